The summed E-state index contributed by atoms with van der Waals surface area (Å²) in [4.78, 5) is 5.94. The van der Waals surface area contributed by atoms with E-state index < -0.39 is 7.12 Å². The second-order valence-corrected chi connectivity index (χ2v) is 10.2. The van der Waals surface area contributed by atoms with Crippen LogP contribution in [0.2, 0.25) is 0 Å². The third-order valence-corrected chi connectivity index (χ3v) is 7.73. The van der Waals surface area contributed by atoms with Gasteiger partial charge in [0, 0.05) is 5.56 Å². The first-order valence-electron chi connectivity index (χ1n) is 10.6. The minimum absolute atomic E-state index is 0.385. The maximum atomic E-state index is 6.41. The highest BCUT2D eigenvalue weighted by Gasteiger charge is 2.52. The van der Waals surface area contributed by atoms with Gasteiger partial charge < -0.3 is 9.31 Å². The average molecular weight is 426 g/mol. The Hall–Kier alpha value is -2.67. The number of thiazole rings is 1. The van der Waals surface area contributed by atoms with Gasteiger partial charge in [-0.3, -0.25) is 4.40 Å². The van der Waals surface area contributed by atoms with Crippen molar-refractivity contribution in [3.05, 3.63) is 66.7 Å². The topological polar surface area (TPSA) is 35.8 Å². The molecule has 154 valence electrons. The maximum absolute atomic E-state index is 6.41. The van der Waals surface area contributed by atoms with Crippen LogP contribution in [0.15, 0.2) is 66.7 Å². The molecule has 0 spiro atoms. The molecule has 3 heterocycles. The molecule has 1 aliphatic rings. The van der Waals surface area contributed by atoms with Crippen LogP contribution in [0.4, 0.5) is 0 Å². The lowest BCUT2D eigenvalue weighted by Gasteiger charge is -2.32. The minimum Gasteiger partial charge on any atom is -0.399 e. The van der Waals surface area contributed by atoms with Crippen LogP contribution in [0.5, 0.6) is 0 Å². The Labute approximate surface area is 185 Å². The van der Waals surface area contributed by atoms with Gasteiger partial charge in [0.15, 0.2) is 4.96 Å². The summed E-state index contributed by atoms with van der Waals surface area (Å²) in [6.45, 7) is 8.37. The SMILES string of the molecule is CC1(C)OB(c2ccccc2-c2cccc3nc4sc5ccccc5n4c23)OC1(C)C. The first-order chi connectivity index (χ1) is 14.9. The van der Waals surface area contributed by atoms with Crippen LogP contribution in [0.25, 0.3) is 37.3 Å². The van der Waals surface area contributed by atoms with Gasteiger partial charge in [-0.05, 0) is 56.9 Å². The van der Waals surface area contributed by atoms with E-state index in [0.717, 1.165) is 32.6 Å². The fourth-order valence-electron chi connectivity index (χ4n) is 4.36. The molecular formula is C25H23BN2O2S. The van der Waals surface area contributed by atoms with Crippen molar-refractivity contribution >= 4 is 50.1 Å². The van der Waals surface area contributed by atoms with Gasteiger partial charge in [0.25, 0.3) is 0 Å². The van der Waals surface area contributed by atoms with Crippen LogP contribution in [0, 0.1) is 0 Å². The molecule has 0 saturated carbocycles. The third-order valence-electron chi connectivity index (χ3n) is 6.71. The van der Waals surface area contributed by atoms with Gasteiger partial charge in [0.05, 0.1) is 32.5 Å². The van der Waals surface area contributed by atoms with Gasteiger partial charge in [-0.25, -0.2) is 4.98 Å². The van der Waals surface area contributed by atoms with E-state index in [1.54, 1.807) is 11.3 Å². The van der Waals surface area contributed by atoms with E-state index >= 15 is 0 Å². The van der Waals surface area contributed by atoms with Crippen molar-refractivity contribution in [3.63, 3.8) is 0 Å². The van der Waals surface area contributed by atoms with Crippen molar-refractivity contribution in [2.24, 2.45) is 0 Å². The summed E-state index contributed by atoms with van der Waals surface area (Å²) >= 11 is 1.72. The van der Waals surface area contributed by atoms with Crippen LogP contribution in [0.1, 0.15) is 27.7 Å². The zero-order valence-electron chi connectivity index (χ0n) is 18.0. The van der Waals surface area contributed by atoms with Crippen LogP contribution in [-0.4, -0.2) is 27.7 Å². The first kappa shape index (κ1) is 19.1. The third kappa shape index (κ3) is 2.72. The van der Waals surface area contributed by atoms with Crippen molar-refractivity contribution in [3.8, 4) is 11.1 Å². The van der Waals surface area contributed by atoms with Gasteiger partial charge in [-0.2, -0.15) is 0 Å². The summed E-state index contributed by atoms with van der Waals surface area (Å²) < 4.78 is 16.3. The number of fused-ring (bicyclic) bond motifs is 5. The molecule has 0 amide bonds. The molecule has 1 fully saturated rings. The summed E-state index contributed by atoms with van der Waals surface area (Å²) in [7, 11) is -0.418. The van der Waals surface area contributed by atoms with Crippen molar-refractivity contribution in [1.29, 1.82) is 0 Å². The average Bonchev–Trinajstić information content (AvgIpc) is 3.34. The van der Waals surface area contributed by atoms with Gasteiger partial charge in [0.2, 0.25) is 0 Å². The Morgan fingerprint density at radius 3 is 2.29 bits per heavy atom. The molecule has 0 bridgehead atoms. The highest BCUT2D eigenvalue weighted by atomic mass is 32.1. The van der Waals surface area contributed by atoms with E-state index in [2.05, 4.69) is 98.8 Å². The molecular weight excluding hydrogens is 403 g/mol. The minimum atomic E-state index is -0.418. The van der Waals surface area contributed by atoms with E-state index in [1.807, 2.05) is 0 Å². The summed E-state index contributed by atoms with van der Waals surface area (Å²) in [5.41, 5.74) is 5.84. The van der Waals surface area contributed by atoms with E-state index in [4.69, 9.17) is 14.3 Å². The van der Waals surface area contributed by atoms with Crippen molar-refractivity contribution in [1.82, 2.24) is 9.38 Å². The number of hydrogen-bond acceptors (Lipinski definition) is 4. The number of benzene rings is 3. The van der Waals surface area contributed by atoms with Gasteiger partial charge in [0.1, 0.15) is 0 Å². The van der Waals surface area contributed by atoms with E-state index in [9.17, 15) is 0 Å². The number of para-hydroxylation sites is 2. The number of hydrogen-bond donors (Lipinski definition) is 0. The molecule has 0 atom stereocenters. The Kier molecular flexibility index (Phi) is 3.95. The Bertz CT molecular complexity index is 1450. The van der Waals surface area contributed by atoms with E-state index in [-0.39, 0.29) is 11.2 Å². The predicted octanol–water partition coefficient (Wildman–Crippen LogP) is 5.67. The van der Waals surface area contributed by atoms with Crippen molar-refractivity contribution in [2.75, 3.05) is 0 Å². The lowest BCUT2D eigenvalue weighted by molar-refractivity contribution is 0.00578. The summed E-state index contributed by atoms with van der Waals surface area (Å²) in [6, 6.07) is 23.2. The molecule has 6 rings (SSSR count). The molecule has 3 aromatic carbocycles. The second kappa shape index (κ2) is 6.42. The summed E-state index contributed by atoms with van der Waals surface area (Å²) in [5.74, 6) is 0. The van der Waals surface area contributed by atoms with E-state index in [0.29, 0.717) is 0 Å². The normalized spacial score (nSPS) is 17.9. The fraction of sp³-hybridized carbons (Fsp3) is 0.240. The smallest absolute Gasteiger partial charge is 0.399 e. The Morgan fingerprint density at radius 1 is 0.806 bits per heavy atom. The lowest BCUT2D eigenvalue weighted by Crippen LogP contribution is -2.41. The van der Waals surface area contributed by atoms with Crippen LogP contribution < -0.4 is 5.46 Å². The highest BCUT2D eigenvalue weighted by Crippen LogP contribution is 2.39. The standard InChI is InChI=1S/C25H23BN2O2S/c1-24(2)25(3,4)30-26(29-24)18-12-6-5-10-16(18)17-11-9-13-19-22(17)28-20-14-7-8-15-21(20)31-23(28)27-19/h5-15H,1-4H3. The molecule has 4 nitrogen and oxygen atoms in total. The summed E-state index contributed by atoms with van der Waals surface area (Å²) in [6.07, 6.45) is 0. The molecule has 0 aliphatic carbocycles. The van der Waals surface area contributed by atoms with Crippen molar-refractivity contribution in [2.45, 2.75) is 38.9 Å². The highest BCUT2D eigenvalue weighted by molar-refractivity contribution is 7.23. The van der Waals surface area contributed by atoms with Gasteiger partial charge in [-0.15, -0.1) is 0 Å². The van der Waals surface area contributed by atoms with Crippen LogP contribution >= 0.6 is 11.3 Å². The number of rotatable bonds is 2. The zero-order valence-corrected chi connectivity index (χ0v) is 18.9. The molecule has 1 saturated heterocycles. The molecule has 5 aromatic rings. The molecule has 0 N–H and O–H groups in total. The van der Waals surface area contributed by atoms with Crippen LogP contribution in [-0.2, 0) is 9.31 Å². The Balaban J connectivity index is 1.61. The Morgan fingerprint density at radius 2 is 1.48 bits per heavy atom. The largest absolute Gasteiger partial charge is 0.495 e. The fourth-order valence-corrected chi connectivity index (χ4v) is 5.39. The van der Waals surface area contributed by atoms with Crippen molar-refractivity contribution < 1.29 is 9.31 Å². The summed E-state index contributed by atoms with van der Waals surface area (Å²) in [5, 5.41) is 0. The lowest BCUT2D eigenvalue weighted by atomic mass is 9.74. The first-order valence-corrected chi connectivity index (χ1v) is 11.4. The molecule has 2 aromatic heterocycles. The maximum Gasteiger partial charge on any atom is 0.495 e. The van der Waals surface area contributed by atoms with Gasteiger partial charge in [-0.1, -0.05) is 59.9 Å². The van der Waals surface area contributed by atoms with Gasteiger partial charge >= 0.3 is 7.12 Å². The van der Waals surface area contributed by atoms with Crippen LogP contribution in [0.3, 0.4) is 0 Å². The van der Waals surface area contributed by atoms with E-state index in [1.165, 1.54) is 10.2 Å². The molecule has 1 aliphatic heterocycles. The zero-order chi connectivity index (χ0) is 21.4. The predicted molar refractivity (Wildman–Crippen MR) is 129 cm³/mol. The second-order valence-electron chi connectivity index (χ2n) is 9.15. The molecule has 0 radical (unpaired) electrons. The number of aromatic nitrogens is 2. The molecule has 0 unspecified atom stereocenters. The number of nitrogens with zero attached hydrogens (tertiary/aromatic N) is 2. The molecule has 31 heavy (non-hydrogen) atoms. The number of imidazole rings is 1. The molecule has 6 heteroatoms. The monoisotopic (exact) mass is 426 g/mol. The quantitative estimate of drug-likeness (QED) is 0.342.